The van der Waals surface area contributed by atoms with Crippen LogP contribution in [-0.2, 0) is 6.18 Å². The van der Waals surface area contributed by atoms with Crippen molar-refractivity contribution in [2.24, 2.45) is 5.84 Å². The Morgan fingerprint density at radius 2 is 2.11 bits per heavy atom. The number of hydrogen-bond acceptors (Lipinski definition) is 5. The third-order valence-corrected chi connectivity index (χ3v) is 2.14. The van der Waals surface area contributed by atoms with Crippen LogP contribution in [0.4, 0.5) is 19.1 Å². The summed E-state index contributed by atoms with van der Waals surface area (Å²) in [5.41, 5.74) is 0.889. The Bertz CT molecular complexity index is 397. The number of anilines is 1. The van der Waals surface area contributed by atoms with Crippen molar-refractivity contribution in [3.8, 4) is 5.88 Å². The molecule has 0 amide bonds. The number of ether oxygens (including phenoxy) is 1. The topological polar surface area (TPSA) is 73.1 Å². The number of rotatable bonds is 5. The van der Waals surface area contributed by atoms with Crippen LogP contribution in [-0.4, -0.2) is 16.1 Å². The Balaban J connectivity index is 2.97. The van der Waals surface area contributed by atoms with Crippen LogP contribution in [0.25, 0.3) is 0 Å². The Hall–Kier alpha value is -1.57. The molecule has 1 rings (SSSR count). The van der Waals surface area contributed by atoms with Crippen LogP contribution < -0.4 is 16.0 Å². The average molecular weight is 264 g/mol. The molecule has 0 aliphatic carbocycles. The molecule has 8 heteroatoms. The molecule has 18 heavy (non-hydrogen) atoms. The highest BCUT2D eigenvalue weighted by atomic mass is 19.4. The van der Waals surface area contributed by atoms with E-state index in [0.29, 0.717) is 0 Å². The molecule has 0 bridgehead atoms. The largest absolute Gasteiger partial charge is 0.475 e. The Kier molecular flexibility index (Phi) is 4.71. The molecule has 0 radical (unpaired) electrons. The second kappa shape index (κ2) is 5.85. The Morgan fingerprint density at radius 1 is 1.44 bits per heavy atom. The monoisotopic (exact) mass is 264 g/mol. The van der Waals surface area contributed by atoms with E-state index in [1.165, 1.54) is 0 Å². The number of alkyl halides is 3. The fourth-order valence-corrected chi connectivity index (χ4v) is 1.37. The Labute approximate surface area is 103 Å². The zero-order chi connectivity index (χ0) is 13.8. The summed E-state index contributed by atoms with van der Waals surface area (Å²) in [7, 11) is 0. The number of halogens is 3. The number of nitrogen functional groups attached to an aromatic ring is 1. The van der Waals surface area contributed by atoms with Crippen LogP contribution in [0.1, 0.15) is 32.4 Å². The van der Waals surface area contributed by atoms with Crippen molar-refractivity contribution in [3.63, 3.8) is 0 Å². The number of hydrogen-bond donors (Lipinski definition) is 2. The first-order valence-electron chi connectivity index (χ1n) is 5.46. The third-order valence-electron chi connectivity index (χ3n) is 2.14. The Morgan fingerprint density at radius 3 is 2.61 bits per heavy atom. The molecule has 0 saturated carbocycles. The fraction of sp³-hybridized carbons (Fsp3) is 0.600. The van der Waals surface area contributed by atoms with E-state index >= 15 is 0 Å². The minimum Gasteiger partial charge on any atom is -0.475 e. The SMILES string of the molecule is CCCC(C)Oc1cc(C(F)(F)F)nc(NN)n1. The molecule has 102 valence electrons. The summed E-state index contributed by atoms with van der Waals surface area (Å²) in [4.78, 5) is 6.94. The van der Waals surface area contributed by atoms with Crippen molar-refractivity contribution in [3.05, 3.63) is 11.8 Å². The standard InChI is InChI=1S/C10H15F3N4O/c1-3-4-6(2)18-8-5-7(10(11,12)13)15-9(16-8)17-14/h5-6H,3-4,14H2,1-2H3,(H,15,16,17). The van der Waals surface area contributed by atoms with Crippen molar-refractivity contribution in [1.82, 2.24) is 9.97 Å². The van der Waals surface area contributed by atoms with E-state index < -0.39 is 11.9 Å². The molecule has 0 spiro atoms. The molecule has 3 N–H and O–H groups in total. The van der Waals surface area contributed by atoms with Crippen molar-refractivity contribution >= 4 is 5.95 Å². The summed E-state index contributed by atoms with van der Waals surface area (Å²) < 4.78 is 43.0. The summed E-state index contributed by atoms with van der Waals surface area (Å²) in [5, 5.41) is 0. The van der Waals surface area contributed by atoms with Gasteiger partial charge < -0.3 is 4.74 Å². The predicted molar refractivity (Wildman–Crippen MR) is 59.8 cm³/mol. The van der Waals surface area contributed by atoms with Crippen LogP contribution in [0.2, 0.25) is 0 Å². The van der Waals surface area contributed by atoms with Gasteiger partial charge in [0.2, 0.25) is 11.8 Å². The second-order valence-corrected chi connectivity index (χ2v) is 3.77. The van der Waals surface area contributed by atoms with Gasteiger partial charge in [-0.15, -0.1) is 0 Å². The lowest BCUT2D eigenvalue weighted by molar-refractivity contribution is -0.141. The number of nitrogens with one attached hydrogen (secondary N) is 1. The van der Waals surface area contributed by atoms with Crippen LogP contribution in [0.3, 0.4) is 0 Å². The first-order valence-corrected chi connectivity index (χ1v) is 5.46. The fourth-order valence-electron chi connectivity index (χ4n) is 1.37. The highest BCUT2D eigenvalue weighted by molar-refractivity contribution is 5.30. The van der Waals surface area contributed by atoms with Gasteiger partial charge in [-0.3, -0.25) is 5.43 Å². The van der Waals surface area contributed by atoms with E-state index in [1.807, 2.05) is 12.3 Å². The van der Waals surface area contributed by atoms with Crippen molar-refractivity contribution < 1.29 is 17.9 Å². The smallest absolute Gasteiger partial charge is 0.433 e. The van der Waals surface area contributed by atoms with Gasteiger partial charge in [0.25, 0.3) is 0 Å². The summed E-state index contributed by atoms with van der Waals surface area (Å²) in [6.07, 6.45) is -3.21. The summed E-state index contributed by atoms with van der Waals surface area (Å²) in [5.74, 6) is 4.55. The first-order chi connectivity index (χ1) is 8.36. The highest BCUT2D eigenvalue weighted by Gasteiger charge is 2.34. The minimum atomic E-state index is -4.57. The zero-order valence-corrected chi connectivity index (χ0v) is 10.1. The summed E-state index contributed by atoms with van der Waals surface area (Å²) in [6, 6.07) is 0.757. The quantitative estimate of drug-likeness (QED) is 0.631. The lowest BCUT2D eigenvalue weighted by Gasteiger charge is -2.15. The summed E-state index contributed by atoms with van der Waals surface area (Å²) in [6.45, 7) is 3.71. The van der Waals surface area contributed by atoms with E-state index in [1.54, 1.807) is 6.92 Å². The van der Waals surface area contributed by atoms with Gasteiger partial charge in [0, 0.05) is 6.07 Å². The molecule has 0 aromatic carbocycles. The van der Waals surface area contributed by atoms with Gasteiger partial charge in [0.15, 0.2) is 5.69 Å². The lowest BCUT2D eigenvalue weighted by atomic mass is 10.2. The van der Waals surface area contributed by atoms with E-state index in [-0.39, 0.29) is 17.9 Å². The van der Waals surface area contributed by atoms with E-state index in [2.05, 4.69) is 9.97 Å². The molecule has 5 nitrogen and oxygen atoms in total. The van der Waals surface area contributed by atoms with Gasteiger partial charge in [-0.25, -0.2) is 10.8 Å². The second-order valence-electron chi connectivity index (χ2n) is 3.77. The molecule has 0 aliphatic heterocycles. The van der Waals surface area contributed by atoms with Gasteiger partial charge in [-0.2, -0.15) is 18.2 Å². The normalized spacial score (nSPS) is 13.2. The van der Waals surface area contributed by atoms with Gasteiger partial charge in [0.1, 0.15) is 0 Å². The molecular weight excluding hydrogens is 249 g/mol. The van der Waals surface area contributed by atoms with Crippen molar-refractivity contribution in [1.29, 1.82) is 0 Å². The maximum absolute atomic E-state index is 12.6. The first kappa shape index (κ1) is 14.5. The number of nitrogens with two attached hydrogens (primary N) is 1. The van der Waals surface area contributed by atoms with Crippen LogP contribution in [0, 0.1) is 0 Å². The lowest BCUT2D eigenvalue weighted by Crippen LogP contribution is -2.18. The number of nitrogens with zero attached hydrogens (tertiary/aromatic N) is 2. The molecule has 1 heterocycles. The maximum atomic E-state index is 12.6. The third kappa shape index (κ3) is 4.02. The number of aromatic nitrogens is 2. The molecule has 1 atom stereocenters. The molecular formula is C10H15F3N4O. The van der Waals surface area contributed by atoms with Gasteiger partial charge in [-0.1, -0.05) is 13.3 Å². The van der Waals surface area contributed by atoms with Crippen molar-refractivity contribution in [2.45, 2.75) is 39.0 Å². The van der Waals surface area contributed by atoms with E-state index in [9.17, 15) is 13.2 Å². The van der Waals surface area contributed by atoms with Gasteiger partial charge in [-0.05, 0) is 13.3 Å². The summed E-state index contributed by atoms with van der Waals surface area (Å²) >= 11 is 0. The van der Waals surface area contributed by atoms with Gasteiger partial charge in [0.05, 0.1) is 6.10 Å². The van der Waals surface area contributed by atoms with E-state index in [4.69, 9.17) is 10.6 Å². The maximum Gasteiger partial charge on any atom is 0.433 e. The molecule has 1 aromatic heterocycles. The van der Waals surface area contributed by atoms with Crippen LogP contribution >= 0.6 is 0 Å². The molecule has 0 aliphatic rings. The molecule has 0 saturated heterocycles. The molecule has 1 unspecified atom stereocenters. The minimum absolute atomic E-state index is 0.147. The average Bonchev–Trinajstić information content (AvgIpc) is 2.27. The molecule has 0 fully saturated rings. The van der Waals surface area contributed by atoms with Gasteiger partial charge >= 0.3 is 6.18 Å². The predicted octanol–water partition coefficient (Wildman–Crippen LogP) is 2.35. The molecule has 1 aromatic rings. The highest BCUT2D eigenvalue weighted by Crippen LogP contribution is 2.30. The van der Waals surface area contributed by atoms with Crippen LogP contribution in [0.15, 0.2) is 6.07 Å². The number of hydrazine groups is 1. The zero-order valence-electron chi connectivity index (χ0n) is 10.1. The van der Waals surface area contributed by atoms with E-state index in [0.717, 1.165) is 18.9 Å². The van der Waals surface area contributed by atoms with Crippen LogP contribution in [0.5, 0.6) is 5.88 Å². The van der Waals surface area contributed by atoms with Crippen molar-refractivity contribution in [2.75, 3.05) is 5.43 Å².